The first-order valence-corrected chi connectivity index (χ1v) is 7.63. The fourth-order valence-electron chi connectivity index (χ4n) is 2.29. The maximum atomic E-state index is 12.0. The number of furan rings is 1. The zero-order valence-electron chi connectivity index (χ0n) is 10.5. The molecule has 0 amide bonds. The summed E-state index contributed by atoms with van der Waals surface area (Å²) in [7, 11) is -3.01. The van der Waals surface area contributed by atoms with E-state index in [4.69, 9.17) is 4.42 Å². The van der Waals surface area contributed by atoms with Gasteiger partial charge in [0.15, 0.2) is 9.84 Å². The number of hydrogen-bond donors (Lipinski definition) is 1. The summed E-state index contributed by atoms with van der Waals surface area (Å²) in [6.45, 7) is 6.27. The Labute approximate surface area is 102 Å². The molecule has 1 fully saturated rings. The van der Waals surface area contributed by atoms with Crippen LogP contribution in [0, 0.1) is 13.8 Å². The average Bonchev–Trinajstić information content (AvgIpc) is 2.48. The maximum Gasteiger partial charge on any atom is 0.154 e. The Morgan fingerprint density at radius 2 is 2.12 bits per heavy atom. The molecule has 1 aliphatic heterocycles. The van der Waals surface area contributed by atoms with Gasteiger partial charge in [0.05, 0.1) is 11.0 Å². The van der Waals surface area contributed by atoms with Crippen molar-refractivity contribution in [3.63, 3.8) is 0 Å². The minimum atomic E-state index is -3.01. The standard InChI is InChI=1S/C12H19NO3S/c1-8-6-11(10(3)16-8)12-7-17(14,15)9(2)4-5-13-12/h6,9,12-13H,4-5,7H2,1-3H3. The van der Waals surface area contributed by atoms with Gasteiger partial charge in [-0.2, -0.15) is 0 Å². The van der Waals surface area contributed by atoms with Crippen molar-refractivity contribution < 1.29 is 12.8 Å². The van der Waals surface area contributed by atoms with Gasteiger partial charge in [-0.3, -0.25) is 0 Å². The minimum Gasteiger partial charge on any atom is -0.466 e. The summed E-state index contributed by atoms with van der Waals surface area (Å²) in [5.41, 5.74) is 0.972. The Morgan fingerprint density at radius 1 is 1.41 bits per heavy atom. The van der Waals surface area contributed by atoms with E-state index in [1.807, 2.05) is 19.9 Å². The van der Waals surface area contributed by atoms with Crippen LogP contribution in [0.1, 0.15) is 36.5 Å². The zero-order chi connectivity index (χ0) is 12.6. The minimum absolute atomic E-state index is 0.137. The number of sulfone groups is 1. The molecule has 2 heterocycles. The van der Waals surface area contributed by atoms with E-state index in [-0.39, 0.29) is 17.0 Å². The van der Waals surface area contributed by atoms with Gasteiger partial charge in [0, 0.05) is 11.6 Å². The molecule has 0 radical (unpaired) electrons. The third-order valence-electron chi connectivity index (χ3n) is 3.41. The summed E-state index contributed by atoms with van der Waals surface area (Å²) < 4.78 is 29.5. The smallest absolute Gasteiger partial charge is 0.154 e. The fourth-order valence-corrected chi connectivity index (χ4v) is 3.86. The van der Waals surface area contributed by atoms with Crippen LogP contribution in [0.4, 0.5) is 0 Å². The van der Waals surface area contributed by atoms with Gasteiger partial charge in [0.2, 0.25) is 0 Å². The van der Waals surface area contributed by atoms with Crippen LogP contribution in [0.2, 0.25) is 0 Å². The fraction of sp³-hybridized carbons (Fsp3) is 0.667. The molecular weight excluding hydrogens is 238 g/mol. The highest BCUT2D eigenvalue weighted by atomic mass is 32.2. The molecule has 0 aromatic carbocycles. The normalized spacial score (nSPS) is 28.9. The van der Waals surface area contributed by atoms with E-state index in [2.05, 4.69) is 5.32 Å². The molecule has 1 aromatic rings. The average molecular weight is 257 g/mol. The predicted molar refractivity (Wildman–Crippen MR) is 66.8 cm³/mol. The summed E-state index contributed by atoms with van der Waals surface area (Å²) in [5, 5.41) is 3.04. The van der Waals surface area contributed by atoms with Crippen LogP contribution >= 0.6 is 0 Å². The van der Waals surface area contributed by atoms with Crippen molar-refractivity contribution in [3.05, 3.63) is 23.2 Å². The highest BCUT2D eigenvalue weighted by Crippen LogP contribution is 2.26. The van der Waals surface area contributed by atoms with Gasteiger partial charge in [-0.25, -0.2) is 8.42 Å². The Hall–Kier alpha value is -0.810. The molecular formula is C12H19NO3S. The second-order valence-corrected chi connectivity index (χ2v) is 7.27. The molecule has 2 rings (SSSR count). The molecule has 0 saturated carbocycles. The second-order valence-electron chi connectivity index (χ2n) is 4.80. The molecule has 4 nitrogen and oxygen atoms in total. The third-order valence-corrected chi connectivity index (χ3v) is 5.67. The molecule has 0 aliphatic carbocycles. The lowest BCUT2D eigenvalue weighted by Crippen LogP contribution is -2.26. The second kappa shape index (κ2) is 4.46. The molecule has 0 bridgehead atoms. The predicted octanol–water partition coefficient (Wildman–Crippen LogP) is 1.73. The molecule has 2 atom stereocenters. The van der Waals surface area contributed by atoms with E-state index >= 15 is 0 Å². The molecule has 5 heteroatoms. The molecule has 1 saturated heterocycles. The molecule has 1 N–H and O–H groups in total. The quantitative estimate of drug-likeness (QED) is 0.832. The first kappa shape index (κ1) is 12.6. The zero-order valence-corrected chi connectivity index (χ0v) is 11.3. The van der Waals surface area contributed by atoms with Gasteiger partial charge < -0.3 is 9.73 Å². The highest BCUT2D eigenvalue weighted by Gasteiger charge is 2.30. The van der Waals surface area contributed by atoms with E-state index in [1.165, 1.54) is 0 Å². The first-order valence-electron chi connectivity index (χ1n) is 5.92. The Balaban J connectivity index is 2.31. The topological polar surface area (TPSA) is 59.3 Å². The van der Waals surface area contributed by atoms with Crippen LogP contribution in [0.3, 0.4) is 0 Å². The van der Waals surface area contributed by atoms with Crippen LogP contribution in [-0.2, 0) is 9.84 Å². The van der Waals surface area contributed by atoms with Crippen LogP contribution in [0.15, 0.2) is 10.5 Å². The Morgan fingerprint density at radius 3 is 2.71 bits per heavy atom. The van der Waals surface area contributed by atoms with Gasteiger partial charge in [0.25, 0.3) is 0 Å². The Kier molecular flexibility index (Phi) is 3.32. The van der Waals surface area contributed by atoms with E-state index < -0.39 is 9.84 Å². The largest absolute Gasteiger partial charge is 0.466 e. The third kappa shape index (κ3) is 2.55. The van der Waals surface area contributed by atoms with E-state index in [1.54, 1.807) is 6.92 Å². The number of aryl methyl sites for hydroxylation is 2. The molecule has 1 aromatic heterocycles. The van der Waals surface area contributed by atoms with Crippen molar-refractivity contribution in [1.82, 2.24) is 5.32 Å². The first-order chi connectivity index (χ1) is 7.90. The van der Waals surface area contributed by atoms with Crippen molar-refractivity contribution in [3.8, 4) is 0 Å². The van der Waals surface area contributed by atoms with Crippen molar-refractivity contribution in [1.29, 1.82) is 0 Å². The number of hydrogen-bond acceptors (Lipinski definition) is 4. The van der Waals surface area contributed by atoms with Crippen LogP contribution < -0.4 is 5.32 Å². The lowest BCUT2D eigenvalue weighted by Gasteiger charge is -2.14. The Bertz CT molecular complexity index is 504. The lowest BCUT2D eigenvalue weighted by atomic mass is 10.1. The summed E-state index contributed by atoms with van der Waals surface area (Å²) >= 11 is 0. The van der Waals surface area contributed by atoms with Gasteiger partial charge in [-0.15, -0.1) is 0 Å². The molecule has 0 spiro atoms. The molecule has 2 unspecified atom stereocenters. The van der Waals surface area contributed by atoms with E-state index in [9.17, 15) is 8.42 Å². The SMILES string of the molecule is Cc1cc(C2CS(=O)(=O)C(C)CCN2)c(C)o1. The van der Waals surface area contributed by atoms with E-state index in [0.717, 1.165) is 23.6 Å². The molecule has 96 valence electrons. The molecule has 1 aliphatic rings. The van der Waals surface area contributed by atoms with Gasteiger partial charge in [-0.05, 0) is 39.8 Å². The monoisotopic (exact) mass is 257 g/mol. The van der Waals surface area contributed by atoms with Crippen LogP contribution in [0.25, 0.3) is 0 Å². The van der Waals surface area contributed by atoms with Gasteiger partial charge in [0.1, 0.15) is 11.5 Å². The van der Waals surface area contributed by atoms with Crippen LogP contribution in [-0.4, -0.2) is 26.0 Å². The van der Waals surface area contributed by atoms with Gasteiger partial charge in [-0.1, -0.05) is 0 Å². The lowest BCUT2D eigenvalue weighted by molar-refractivity contribution is 0.491. The van der Waals surface area contributed by atoms with E-state index in [0.29, 0.717) is 6.42 Å². The van der Waals surface area contributed by atoms with Crippen LogP contribution in [0.5, 0.6) is 0 Å². The van der Waals surface area contributed by atoms with Gasteiger partial charge >= 0.3 is 0 Å². The maximum absolute atomic E-state index is 12.0. The van der Waals surface area contributed by atoms with Crippen molar-refractivity contribution >= 4 is 9.84 Å². The number of rotatable bonds is 1. The summed E-state index contributed by atoms with van der Waals surface area (Å²) in [6, 6.07) is 1.79. The summed E-state index contributed by atoms with van der Waals surface area (Å²) in [6.07, 6.45) is 0.675. The number of nitrogens with one attached hydrogen (secondary N) is 1. The highest BCUT2D eigenvalue weighted by molar-refractivity contribution is 7.92. The molecule has 17 heavy (non-hydrogen) atoms. The summed E-state index contributed by atoms with van der Waals surface area (Å²) in [5.74, 6) is 1.80. The summed E-state index contributed by atoms with van der Waals surface area (Å²) in [4.78, 5) is 0. The van der Waals surface area contributed by atoms with Crippen molar-refractivity contribution in [2.24, 2.45) is 0 Å². The van der Waals surface area contributed by atoms with Crippen molar-refractivity contribution in [2.45, 2.75) is 38.5 Å². The van der Waals surface area contributed by atoms with Crippen molar-refractivity contribution in [2.75, 3.05) is 12.3 Å².